The summed E-state index contributed by atoms with van der Waals surface area (Å²) in [5, 5.41) is 15.5. The van der Waals surface area contributed by atoms with Gasteiger partial charge in [-0.25, -0.2) is 0 Å². The minimum absolute atomic E-state index is 0.135. The second kappa shape index (κ2) is 10.9. The zero-order valence-electron chi connectivity index (χ0n) is 25.2. The minimum atomic E-state index is 0.135. The molecule has 0 amide bonds. The highest BCUT2D eigenvalue weighted by Gasteiger charge is 2.42. The topological polar surface area (TPSA) is 39.1 Å². The van der Waals surface area contributed by atoms with Crippen molar-refractivity contribution in [3.8, 4) is 0 Å². The maximum atomic E-state index is 9.01. The Bertz CT molecular complexity index is 2300. The molecule has 0 fully saturated rings. The summed E-state index contributed by atoms with van der Waals surface area (Å²) in [5.41, 5.74) is 11.2. The molecule has 3 nitrogen and oxygen atoms in total. The predicted octanol–water partition coefficient (Wildman–Crippen LogP) is 10.3. The molecule has 46 heavy (non-hydrogen) atoms. The SMILES string of the molecule is N=C(c1ccccc1)c1ccccc1NCN1c2ccccc2C2c3ccc4sc5ccccc5c4c3C(c3ccccc3)=CC21. The van der Waals surface area contributed by atoms with Crippen LogP contribution in [0.2, 0.25) is 0 Å². The number of anilines is 2. The summed E-state index contributed by atoms with van der Waals surface area (Å²) in [6, 6.07) is 51.7. The lowest BCUT2D eigenvalue weighted by atomic mass is 9.75. The van der Waals surface area contributed by atoms with Crippen molar-refractivity contribution < 1.29 is 0 Å². The van der Waals surface area contributed by atoms with Gasteiger partial charge in [-0.2, -0.15) is 0 Å². The molecular formula is C42H31N3S. The first-order valence-corrected chi connectivity index (χ1v) is 16.6. The predicted molar refractivity (Wildman–Crippen MR) is 195 cm³/mol. The molecule has 2 atom stereocenters. The third-order valence-electron chi connectivity index (χ3n) is 9.58. The van der Waals surface area contributed by atoms with E-state index < -0.39 is 0 Å². The maximum Gasteiger partial charge on any atom is 0.0883 e. The van der Waals surface area contributed by atoms with E-state index in [1.165, 1.54) is 53.7 Å². The van der Waals surface area contributed by atoms with Crippen molar-refractivity contribution in [2.75, 3.05) is 16.9 Å². The number of hydrogen-bond donors (Lipinski definition) is 2. The van der Waals surface area contributed by atoms with Crippen LogP contribution in [0, 0.1) is 5.41 Å². The van der Waals surface area contributed by atoms with Crippen LogP contribution in [0.4, 0.5) is 11.4 Å². The first kappa shape index (κ1) is 26.9. The summed E-state index contributed by atoms with van der Waals surface area (Å²) in [6.07, 6.45) is 2.52. The molecule has 2 unspecified atom stereocenters. The minimum Gasteiger partial charge on any atom is -0.367 e. The van der Waals surface area contributed by atoms with E-state index in [1.807, 2.05) is 59.9 Å². The van der Waals surface area contributed by atoms with Gasteiger partial charge in [-0.05, 0) is 52.1 Å². The fraction of sp³-hybridized carbons (Fsp3) is 0.0714. The van der Waals surface area contributed by atoms with Crippen molar-refractivity contribution in [2.45, 2.75) is 12.0 Å². The molecule has 9 rings (SSSR count). The Hall–Kier alpha value is -5.45. The number of thiophene rings is 1. The molecule has 4 heteroatoms. The molecule has 0 spiro atoms. The van der Waals surface area contributed by atoms with Gasteiger partial charge in [0.25, 0.3) is 0 Å². The van der Waals surface area contributed by atoms with Gasteiger partial charge in [-0.3, -0.25) is 5.41 Å². The van der Waals surface area contributed by atoms with E-state index in [9.17, 15) is 0 Å². The number of nitrogens with one attached hydrogen (secondary N) is 2. The molecule has 7 aromatic rings. The molecule has 1 aromatic heterocycles. The van der Waals surface area contributed by atoms with E-state index in [-0.39, 0.29) is 12.0 Å². The van der Waals surface area contributed by atoms with Crippen molar-refractivity contribution in [3.63, 3.8) is 0 Å². The highest BCUT2D eigenvalue weighted by atomic mass is 32.1. The lowest BCUT2D eigenvalue weighted by Crippen LogP contribution is -2.38. The fourth-order valence-electron chi connectivity index (χ4n) is 7.55. The van der Waals surface area contributed by atoms with Crippen LogP contribution < -0.4 is 10.2 Å². The Kier molecular flexibility index (Phi) is 6.36. The van der Waals surface area contributed by atoms with Gasteiger partial charge in [-0.1, -0.05) is 127 Å². The van der Waals surface area contributed by atoms with E-state index in [1.54, 1.807) is 0 Å². The lowest BCUT2D eigenvalue weighted by Gasteiger charge is -2.34. The van der Waals surface area contributed by atoms with Gasteiger partial charge >= 0.3 is 0 Å². The van der Waals surface area contributed by atoms with Crippen LogP contribution in [0.3, 0.4) is 0 Å². The second-order valence-electron chi connectivity index (χ2n) is 12.1. The molecule has 1 aliphatic heterocycles. The van der Waals surface area contributed by atoms with Gasteiger partial charge in [0, 0.05) is 48.6 Å². The number of fused-ring (bicyclic) bond motifs is 9. The average Bonchev–Trinajstić information content (AvgIpc) is 3.66. The maximum absolute atomic E-state index is 9.01. The summed E-state index contributed by atoms with van der Waals surface area (Å²) in [7, 11) is 0. The quantitative estimate of drug-likeness (QED) is 0.184. The monoisotopic (exact) mass is 609 g/mol. The van der Waals surface area contributed by atoms with Crippen molar-refractivity contribution >= 4 is 54.2 Å². The molecule has 220 valence electrons. The molecule has 2 N–H and O–H groups in total. The van der Waals surface area contributed by atoms with Crippen LogP contribution >= 0.6 is 11.3 Å². The molecule has 1 aliphatic carbocycles. The molecule has 0 saturated carbocycles. The van der Waals surface area contributed by atoms with Crippen molar-refractivity contribution in [1.82, 2.24) is 0 Å². The number of para-hydroxylation sites is 2. The average molecular weight is 610 g/mol. The Balaban J connectivity index is 1.18. The normalized spacial score (nSPS) is 16.5. The van der Waals surface area contributed by atoms with Crippen LogP contribution in [-0.2, 0) is 0 Å². The largest absolute Gasteiger partial charge is 0.367 e. The van der Waals surface area contributed by atoms with Crippen molar-refractivity contribution in [1.29, 1.82) is 5.41 Å². The highest BCUT2D eigenvalue weighted by molar-refractivity contribution is 7.25. The van der Waals surface area contributed by atoms with E-state index in [0.29, 0.717) is 12.4 Å². The van der Waals surface area contributed by atoms with Crippen LogP contribution in [0.15, 0.2) is 152 Å². The zero-order chi connectivity index (χ0) is 30.6. The van der Waals surface area contributed by atoms with Gasteiger partial charge in [0.15, 0.2) is 0 Å². The van der Waals surface area contributed by atoms with Gasteiger partial charge < -0.3 is 10.2 Å². The molecule has 0 bridgehead atoms. The molecule has 2 aliphatic rings. The molecule has 0 saturated heterocycles. The summed E-state index contributed by atoms with van der Waals surface area (Å²) in [6.45, 7) is 0.620. The Labute approximate surface area is 272 Å². The number of hydrogen-bond acceptors (Lipinski definition) is 4. The zero-order valence-corrected chi connectivity index (χ0v) is 26.0. The standard InChI is InChI=1S/C42H31N3S/c43-42(28-15-5-2-6-16-28)29-17-7-10-20-34(29)44-26-45-35-21-11-8-18-30(35)39-32-23-24-38-41(31-19-9-12-22-37(31)46-38)40(32)33(25-36(39)45)27-13-3-1-4-14-27/h1-25,36,39,43-44H,26H2. The second-order valence-corrected chi connectivity index (χ2v) is 13.1. The lowest BCUT2D eigenvalue weighted by molar-refractivity contribution is 0.676. The third-order valence-corrected chi connectivity index (χ3v) is 10.7. The van der Waals surface area contributed by atoms with Crippen molar-refractivity contribution in [2.24, 2.45) is 0 Å². The summed E-state index contributed by atoms with van der Waals surface area (Å²) < 4.78 is 2.67. The first-order chi connectivity index (χ1) is 22.8. The Morgan fingerprint density at radius 3 is 2.26 bits per heavy atom. The van der Waals surface area contributed by atoms with Crippen LogP contribution in [0.25, 0.3) is 25.7 Å². The number of rotatable bonds is 6. The molecule has 6 aromatic carbocycles. The van der Waals surface area contributed by atoms with Gasteiger partial charge in [0.1, 0.15) is 0 Å². The highest BCUT2D eigenvalue weighted by Crippen LogP contribution is 2.53. The fourth-order valence-corrected chi connectivity index (χ4v) is 8.66. The smallest absolute Gasteiger partial charge is 0.0883 e. The number of nitrogens with zero attached hydrogens (tertiary/aromatic N) is 1. The van der Waals surface area contributed by atoms with E-state index in [0.717, 1.165) is 16.8 Å². The molecule has 0 radical (unpaired) electrons. The van der Waals surface area contributed by atoms with Crippen LogP contribution in [0.1, 0.15) is 39.3 Å². The first-order valence-electron chi connectivity index (χ1n) is 15.8. The van der Waals surface area contributed by atoms with E-state index in [4.69, 9.17) is 5.41 Å². The molecule has 2 heterocycles. The Morgan fingerprint density at radius 2 is 1.39 bits per heavy atom. The van der Waals surface area contributed by atoms with Gasteiger partial charge in [-0.15, -0.1) is 11.3 Å². The van der Waals surface area contributed by atoms with Gasteiger partial charge in [0.05, 0.1) is 18.4 Å². The van der Waals surface area contributed by atoms with Crippen LogP contribution in [0.5, 0.6) is 0 Å². The summed E-state index contributed by atoms with van der Waals surface area (Å²) >= 11 is 1.89. The summed E-state index contributed by atoms with van der Waals surface area (Å²) in [4.78, 5) is 2.52. The van der Waals surface area contributed by atoms with Crippen LogP contribution in [-0.4, -0.2) is 18.4 Å². The third kappa shape index (κ3) is 4.22. The van der Waals surface area contributed by atoms with E-state index >= 15 is 0 Å². The van der Waals surface area contributed by atoms with E-state index in [2.05, 4.69) is 113 Å². The molecular weight excluding hydrogens is 579 g/mol. The summed E-state index contributed by atoms with van der Waals surface area (Å²) in [5.74, 6) is 0.210. The van der Waals surface area contributed by atoms with Gasteiger partial charge in [0.2, 0.25) is 0 Å². The van der Waals surface area contributed by atoms with Crippen molar-refractivity contribution in [3.05, 3.63) is 185 Å². The number of benzene rings is 6. The Morgan fingerprint density at radius 1 is 0.674 bits per heavy atom.